The predicted octanol–water partition coefficient (Wildman–Crippen LogP) is -0.464. The maximum atomic E-state index is 11.7. The minimum Gasteiger partial charge on any atom is -0.480 e. The molecule has 9 nitrogen and oxygen atoms in total. The minimum atomic E-state index is -1.04. The van der Waals surface area contributed by atoms with Crippen molar-refractivity contribution >= 4 is 11.9 Å². The fraction of sp³-hybridized carbons (Fsp3) is 0.667. The van der Waals surface area contributed by atoms with E-state index in [1.54, 1.807) is 7.11 Å². The molecule has 0 aliphatic rings. The summed E-state index contributed by atoms with van der Waals surface area (Å²) in [4.78, 5) is 22.2. The summed E-state index contributed by atoms with van der Waals surface area (Å²) in [6.45, 7) is 1.93. The molecule has 1 aromatic rings. The number of amides is 1. The maximum absolute atomic E-state index is 11.7. The monoisotopic (exact) mass is 300 g/mol. The third kappa shape index (κ3) is 7.37. The van der Waals surface area contributed by atoms with Crippen molar-refractivity contribution in [1.82, 2.24) is 20.3 Å². The highest BCUT2D eigenvalue weighted by Crippen LogP contribution is 1.94. The van der Waals surface area contributed by atoms with Crippen LogP contribution in [-0.4, -0.2) is 65.5 Å². The van der Waals surface area contributed by atoms with Crippen LogP contribution in [0.1, 0.15) is 23.3 Å². The standard InChI is InChI=1S/C12H20N4O5/c1-20-6-7-21-5-3-2-4-13-12(19)10-8-16(15-14-10)9-11(17)18/h8H,2-7,9H2,1H3,(H,13,19)(H,17,18). The van der Waals surface area contributed by atoms with Crippen LogP contribution in [0, 0.1) is 0 Å². The number of methoxy groups -OCH3 is 1. The van der Waals surface area contributed by atoms with Gasteiger partial charge < -0.3 is 19.9 Å². The number of carbonyl (C=O) groups is 2. The van der Waals surface area contributed by atoms with Gasteiger partial charge in [-0.15, -0.1) is 5.10 Å². The van der Waals surface area contributed by atoms with Gasteiger partial charge in [0.2, 0.25) is 0 Å². The maximum Gasteiger partial charge on any atom is 0.325 e. The molecule has 0 aliphatic heterocycles. The Morgan fingerprint density at radius 2 is 2.14 bits per heavy atom. The molecule has 0 unspecified atom stereocenters. The van der Waals surface area contributed by atoms with Gasteiger partial charge >= 0.3 is 5.97 Å². The van der Waals surface area contributed by atoms with Crippen molar-refractivity contribution in [3.63, 3.8) is 0 Å². The smallest absolute Gasteiger partial charge is 0.325 e. The van der Waals surface area contributed by atoms with Crippen LogP contribution in [0.2, 0.25) is 0 Å². The van der Waals surface area contributed by atoms with E-state index in [4.69, 9.17) is 14.6 Å². The molecule has 0 spiro atoms. The summed E-state index contributed by atoms with van der Waals surface area (Å²) in [5.74, 6) is -1.41. The van der Waals surface area contributed by atoms with Crippen LogP contribution in [-0.2, 0) is 20.8 Å². The van der Waals surface area contributed by atoms with E-state index in [9.17, 15) is 9.59 Å². The second-order valence-electron chi connectivity index (χ2n) is 4.26. The topological polar surface area (TPSA) is 116 Å². The van der Waals surface area contributed by atoms with Gasteiger partial charge in [-0.2, -0.15) is 0 Å². The Kier molecular flexibility index (Phi) is 7.99. The number of carboxylic acid groups (broad SMARTS) is 1. The number of aromatic nitrogens is 3. The fourth-order valence-electron chi connectivity index (χ4n) is 1.48. The van der Waals surface area contributed by atoms with E-state index in [-0.39, 0.29) is 18.1 Å². The normalized spacial score (nSPS) is 10.5. The first-order valence-corrected chi connectivity index (χ1v) is 6.60. The van der Waals surface area contributed by atoms with E-state index in [0.29, 0.717) is 26.4 Å². The van der Waals surface area contributed by atoms with Crippen LogP contribution in [0.25, 0.3) is 0 Å². The Morgan fingerprint density at radius 1 is 1.33 bits per heavy atom. The molecule has 1 heterocycles. The van der Waals surface area contributed by atoms with Crippen LogP contribution < -0.4 is 5.32 Å². The van der Waals surface area contributed by atoms with E-state index < -0.39 is 5.97 Å². The molecule has 9 heteroatoms. The molecule has 0 aliphatic carbocycles. The van der Waals surface area contributed by atoms with E-state index in [2.05, 4.69) is 15.6 Å². The number of carbonyl (C=O) groups excluding carboxylic acids is 1. The summed E-state index contributed by atoms with van der Waals surface area (Å²) in [5.41, 5.74) is 0.104. The minimum absolute atomic E-state index is 0.104. The summed E-state index contributed by atoms with van der Waals surface area (Å²) in [6, 6.07) is 0. The van der Waals surface area contributed by atoms with Crippen LogP contribution >= 0.6 is 0 Å². The molecular weight excluding hydrogens is 280 g/mol. The SMILES string of the molecule is COCCOCCCCNC(=O)c1cn(CC(=O)O)nn1. The first kappa shape index (κ1) is 17.1. The molecule has 0 bridgehead atoms. The van der Waals surface area contributed by atoms with Crippen LogP contribution in [0.3, 0.4) is 0 Å². The number of rotatable bonds is 11. The fourth-order valence-corrected chi connectivity index (χ4v) is 1.48. The Hall–Kier alpha value is -2.00. The van der Waals surface area contributed by atoms with Crippen molar-refractivity contribution in [2.75, 3.05) is 33.5 Å². The Labute approximate surface area is 122 Å². The van der Waals surface area contributed by atoms with Crippen LogP contribution in [0.5, 0.6) is 0 Å². The zero-order valence-corrected chi connectivity index (χ0v) is 11.9. The highest BCUT2D eigenvalue weighted by Gasteiger charge is 2.11. The molecule has 1 amide bonds. The zero-order valence-electron chi connectivity index (χ0n) is 11.9. The Bertz CT molecular complexity index is 449. The van der Waals surface area contributed by atoms with Gasteiger partial charge in [-0.25, -0.2) is 4.68 Å². The second kappa shape index (κ2) is 9.83. The summed E-state index contributed by atoms with van der Waals surface area (Å²) >= 11 is 0. The van der Waals surface area contributed by atoms with Gasteiger partial charge in [0, 0.05) is 20.3 Å². The molecule has 21 heavy (non-hydrogen) atoms. The molecule has 0 saturated heterocycles. The first-order chi connectivity index (χ1) is 10.1. The van der Waals surface area contributed by atoms with Crippen molar-refractivity contribution < 1.29 is 24.2 Å². The molecule has 0 radical (unpaired) electrons. The van der Waals surface area contributed by atoms with Gasteiger partial charge in [-0.3, -0.25) is 9.59 Å². The summed E-state index contributed by atoms with van der Waals surface area (Å²) < 4.78 is 11.2. The molecule has 2 N–H and O–H groups in total. The molecule has 0 saturated carbocycles. The van der Waals surface area contributed by atoms with E-state index >= 15 is 0 Å². The molecule has 1 aromatic heterocycles. The molecule has 0 fully saturated rings. The molecular formula is C12H20N4O5. The third-order valence-electron chi connectivity index (χ3n) is 2.50. The molecule has 0 atom stereocenters. The van der Waals surface area contributed by atoms with Crippen molar-refractivity contribution in [2.24, 2.45) is 0 Å². The number of hydrogen-bond acceptors (Lipinski definition) is 6. The lowest BCUT2D eigenvalue weighted by atomic mass is 10.3. The lowest BCUT2D eigenvalue weighted by Crippen LogP contribution is -2.25. The van der Waals surface area contributed by atoms with E-state index in [1.807, 2.05) is 0 Å². The Balaban J connectivity index is 2.13. The first-order valence-electron chi connectivity index (χ1n) is 6.60. The highest BCUT2D eigenvalue weighted by atomic mass is 16.5. The molecule has 0 aromatic carbocycles. The number of carboxylic acids is 1. The summed E-state index contributed by atoms with van der Waals surface area (Å²) in [5, 5.41) is 18.4. The van der Waals surface area contributed by atoms with Gasteiger partial charge in [0.05, 0.1) is 19.4 Å². The number of nitrogens with zero attached hydrogens (tertiary/aromatic N) is 3. The average Bonchev–Trinajstić information content (AvgIpc) is 2.89. The number of aliphatic carboxylic acids is 1. The van der Waals surface area contributed by atoms with Crippen molar-refractivity contribution in [1.29, 1.82) is 0 Å². The number of unbranched alkanes of at least 4 members (excludes halogenated alkanes) is 1. The van der Waals surface area contributed by atoms with Crippen LogP contribution in [0.15, 0.2) is 6.20 Å². The lowest BCUT2D eigenvalue weighted by Gasteiger charge is -2.04. The van der Waals surface area contributed by atoms with Crippen molar-refractivity contribution in [3.8, 4) is 0 Å². The Morgan fingerprint density at radius 3 is 2.86 bits per heavy atom. The summed E-state index contributed by atoms with van der Waals surface area (Å²) in [7, 11) is 1.62. The van der Waals surface area contributed by atoms with Gasteiger partial charge in [0.15, 0.2) is 5.69 Å². The zero-order chi connectivity index (χ0) is 15.5. The molecule has 118 valence electrons. The van der Waals surface area contributed by atoms with E-state index in [0.717, 1.165) is 17.5 Å². The highest BCUT2D eigenvalue weighted by molar-refractivity contribution is 5.91. The van der Waals surface area contributed by atoms with Crippen molar-refractivity contribution in [2.45, 2.75) is 19.4 Å². The molecule has 1 rings (SSSR count). The van der Waals surface area contributed by atoms with Gasteiger partial charge in [0.1, 0.15) is 6.54 Å². The van der Waals surface area contributed by atoms with Gasteiger partial charge in [0.25, 0.3) is 5.91 Å². The van der Waals surface area contributed by atoms with Crippen molar-refractivity contribution in [3.05, 3.63) is 11.9 Å². The second-order valence-corrected chi connectivity index (χ2v) is 4.26. The largest absolute Gasteiger partial charge is 0.480 e. The van der Waals surface area contributed by atoms with Gasteiger partial charge in [-0.1, -0.05) is 5.21 Å². The third-order valence-corrected chi connectivity index (χ3v) is 2.50. The summed E-state index contributed by atoms with van der Waals surface area (Å²) in [6.07, 6.45) is 2.91. The van der Waals surface area contributed by atoms with E-state index in [1.165, 1.54) is 6.20 Å². The number of hydrogen-bond donors (Lipinski definition) is 2. The average molecular weight is 300 g/mol. The lowest BCUT2D eigenvalue weighted by molar-refractivity contribution is -0.137. The number of nitrogens with one attached hydrogen (secondary N) is 1. The predicted molar refractivity (Wildman–Crippen MR) is 71.9 cm³/mol. The quantitative estimate of drug-likeness (QED) is 0.531. The van der Waals surface area contributed by atoms with Gasteiger partial charge in [-0.05, 0) is 12.8 Å². The van der Waals surface area contributed by atoms with Crippen LogP contribution in [0.4, 0.5) is 0 Å². The number of ether oxygens (including phenoxy) is 2.